The van der Waals surface area contributed by atoms with E-state index in [1.54, 1.807) is 11.3 Å². The zero-order chi connectivity index (χ0) is 14.7. The molecule has 0 spiro atoms. The van der Waals surface area contributed by atoms with Crippen molar-refractivity contribution >= 4 is 22.2 Å². The summed E-state index contributed by atoms with van der Waals surface area (Å²) >= 11 is 1.66. The molecule has 5 heteroatoms. The molecule has 0 amide bonds. The molecule has 1 aliphatic rings. The second kappa shape index (κ2) is 6.56. The quantitative estimate of drug-likeness (QED) is 0.940. The molecule has 2 heterocycles. The molecule has 0 unspecified atom stereocenters. The van der Waals surface area contributed by atoms with Gasteiger partial charge in [0.15, 0.2) is 5.13 Å². The van der Waals surface area contributed by atoms with E-state index in [2.05, 4.69) is 52.6 Å². The Hall–Kier alpha value is -1.43. The Morgan fingerprint density at radius 2 is 2.05 bits per heavy atom. The van der Waals surface area contributed by atoms with Gasteiger partial charge in [-0.05, 0) is 37.1 Å². The number of morpholine rings is 1. The van der Waals surface area contributed by atoms with Crippen LogP contribution in [-0.4, -0.2) is 36.2 Å². The molecule has 112 valence electrons. The van der Waals surface area contributed by atoms with Crippen molar-refractivity contribution in [2.45, 2.75) is 20.4 Å². The van der Waals surface area contributed by atoms with Crippen molar-refractivity contribution in [2.75, 3.05) is 31.6 Å². The summed E-state index contributed by atoms with van der Waals surface area (Å²) in [5.41, 5.74) is 4.84. The molecule has 4 nitrogen and oxygen atoms in total. The highest BCUT2D eigenvalue weighted by molar-refractivity contribution is 7.13. The number of anilines is 2. The molecule has 0 saturated carbocycles. The Morgan fingerprint density at radius 1 is 1.24 bits per heavy atom. The smallest absolute Gasteiger partial charge is 0.187 e. The minimum atomic E-state index is 0.831. The fraction of sp³-hybridized carbons (Fsp3) is 0.438. The third kappa shape index (κ3) is 3.81. The second-order valence-electron chi connectivity index (χ2n) is 5.46. The summed E-state index contributed by atoms with van der Waals surface area (Å²) in [4.78, 5) is 7.06. The normalized spacial score (nSPS) is 16.1. The molecule has 3 rings (SSSR count). The number of ether oxygens (including phenoxy) is 1. The molecule has 0 aliphatic carbocycles. The van der Waals surface area contributed by atoms with Gasteiger partial charge in [-0.3, -0.25) is 4.90 Å². The first-order valence-corrected chi connectivity index (χ1v) is 8.17. The molecule has 1 saturated heterocycles. The number of hydrogen-bond donors (Lipinski definition) is 1. The first-order valence-electron chi connectivity index (χ1n) is 7.29. The van der Waals surface area contributed by atoms with Crippen molar-refractivity contribution in [3.8, 4) is 0 Å². The van der Waals surface area contributed by atoms with E-state index in [9.17, 15) is 0 Å². The Labute approximate surface area is 129 Å². The number of hydrogen-bond acceptors (Lipinski definition) is 5. The summed E-state index contributed by atoms with van der Waals surface area (Å²) in [6, 6.07) is 6.41. The largest absolute Gasteiger partial charge is 0.379 e. The zero-order valence-electron chi connectivity index (χ0n) is 12.6. The maximum absolute atomic E-state index is 5.37. The van der Waals surface area contributed by atoms with Crippen LogP contribution in [0, 0.1) is 13.8 Å². The number of rotatable bonds is 4. The van der Waals surface area contributed by atoms with Crippen LogP contribution in [0.1, 0.15) is 16.8 Å². The lowest BCUT2D eigenvalue weighted by atomic mass is 10.1. The van der Waals surface area contributed by atoms with Crippen molar-refractivity contribution in [2.24, 2.45) is 0 Å². The lowest BCUT2D eigenvalue weighted by Gasteiger charge is -2.25. The van der Waals surface area contributed by atoms with Gasteiger partial charge in [-0.1, -0.05) is 6.07 Å². The third-order valence-corrected chi connectivity index (χ3v) is 4.61. The standard InChI is InChI=1S/C16H21N3OS/c1-12-3-4-14(9-13(12)2)17-16-18-15(11-21-16)10-19-5-7-20-8-6-19/h3-4,9,11H,5-8,10H2,1-2H3,(H,17,18). The van der Waals surface area contributed by atoms with Gasteiger partial charge in [0.25, 0.3) is 0 Å². The zero-order valence-corrected chi connectivity index (χ0v) is 13.4. The second-order valence-corrected chi connectivity index (χ2v) is 6.31. The average Bonchev–Trinajstić information content (AvgIpc) is 2.91. The van der Waals surface area contributed by atoms with Crippen molar-refractivity contribution < 1.29 is 4.74 Å². The molecule has 0 radical (unpaired) electrons. The van der Waals surface area contributed by atoms with Crippen LogP contribution in [0.3, 0.4) is 0 Å². The maximum Gasteiger partial charge on any atom is 0.187 e. The van der Waals surface area contributed by atoms with E-state index in [1.807, 2.05) is 0 Å². The average molecular weight is 303 g/mol. The monoisotopic (exact) mass is 303 g/mol. The summed E-state index contributed by atoms with van der Waals surface area (Å²) in [6.45, 7) is 8.83. The van der Waals surface area contributed by atoms with Gasteiger partial charge in [0.1, 0.15) is 0 Å². The Kier molecular flexibility index (Phi) is 4.53. The minimum Gasteiger partial charge on any atom is -0.379 e. The predicted molar refractivity (Wildman–Crippen MR) is 87.4 cm³/mol. The van der Waals surface area contributed by atoms with Gasteiger partial charge in [0.05, 0.1) is 18.9 Å². The van der Waals surface area contributed by atoms with Gasteiger partial charge in [-0.25, -0.2) is 4.98 Å². The van der Waals surface area contributed by atoms with Gasteiger partial charge >= 0.3 is 0 Å². The minimum absolute atomic E-state index is 0.831. The SMILES string of the molecule is Cc1ccc(Nc2nc(CN3CCOCC3)cs2)cc1C. The van der Waals surface area contributed by atoms with Crippen LogP contribution in [0.2, 0.25) is 0 Å². The van der Waals surface area contributed by atoms with E-state index in [0.717, 1.165) is 49.4 Å². The first kappa shape index (κ1) is 14.5. The number of aryl methyl sites for hydroxylation is 2. The lowest BCUT2D eigenvalue weighted by Crippen LogP contribution is -2.35. The molecule has 1 N–H and O–H groups in total. The molecule has 1 aromatic carbocycles. The van der Waals surface area contributed by atoms with E-state index in [-0.39, 0.29) is 0 Å². The van der Waals surface area contributed by atoms with Crippen LogP contribution in [-0.2, 0) is 11.3 Å². The summed E-state index contributed by atoms with van der Waals surface area (Å²) in [5.74, 6) is 0. The molecular formula is C16H21N3OS. The molecule has 0 atom stereocenters. The summed E-state index contributed by atoms with van der Waals surface area (Å²) in [7, 11) is 0. The molecule has 1 aliphatic heterocycles. The van der Waals surface area contributed by atoms with Crippen molar-refractivity contribution in [3.63, 3.8) is 0 Å². The Bertz CT molecular complexity index is 605. The summed E-state index contributed by atoms with van der Waals surface area (Å²) in [5, 5.41) is 6.49. The molecule has 2 aromatic rings. The van der Waals surface area contributed by atoms with E-state index < -0.39 is 0 Å². The topological polar surface area (TPSA) is 37.4 Å². The predicted octanol–water partition coefficient (Wildman–Crippen LogP) is 3.34. The number of nitrogens with zero attached hydrogens (tertiary/aromatic N) is 2. The highest BCUT2D eigenvalue weighted by atomic mass is 32.1. The number of aromatic nitrogens is 1. The van der Waals surface area contributed by atoms with Crippen molar-refractivity contribution in [1.82, 2.24) is 9.88 Å². The summed E-state index contributed by atoms with van der Waals surface area (Å²) in [6.07, 6.45) is 0. The van der Waals surface area contributed by atoms with Gasteiger partial charge in [-0.2, -0.15) is 0 Å². The third-order valence-electron chi connectivity index (χ3n) is 3.80. The van der Waals surface area contributed by atoms with E-state index in [1.165, 1.54) is 11.1 Å². The van der Waals surface area contributed by atoms with Crippen LogP contribution in [0.15, 0.2) is 23.6 Å². The van der Waals surface area contributed by atoms with Gasteiger partial charge in [-0.15, -0.1) is 11.3 Å². The van der Waals surface area contributed by atoms with E-state index >= 15 is 0 Å². The lowest BCUT2D eigenvalue weighted by molar-refractivity contribution is 0.0337. The number of thiazole rings is 1. The maximum atomic E-state index is 5.37. The first-order chi connectivity index (χ1) is 10.2. The van der Waals surface area contributed by atoms with Crippen LogP contribution in [0.5, 0.6) is 0 Å². The van der Waals surface area contributed by atoms with E-state index in [4.69, 9.17) is 4.74 Å². The van der Waals surface area contributed by atoms with Gasteiger partial charge in [0.2, 0.25) is 0 Å². The van der Waals surface area contributed by atoms with Crippen LogP contribution >= 0.6 is 11.3 Å². The molecule has 0 bridgehead atoms. The van der Waals surface area contributed by atoms with Gasteiger partial charge in [0, 0.05) is 30.7 Å². The van der Waals surface area contributed by atoms with Crippen molar-refractivity contribution in [3.05, 3.63) is 40.4 Å². The molecule has 1 aromatic heterocycles. The number of benzene rings is 1. The summed E-state index contributed by atoms with van der Waals surface area (Å²) < 4.78 is 5.37. The number of nitrogens with one attached hydrogen (secondary N) is 1. The molecule has 1 fully saturated rings. The van der Waals surface area contributed by atoms with Crippen molar-refractivity contribution in [1.29, 1.82) is 0 Å². The molecule has 21 heavy (non-hydrogen) atoms. The van der Waals surface area contributed by atoms with Crippen LogP contribution in [0.25, 0.3) is 0 Å². The van der Waals surface area contributed by atoms with Crippen LogP contribution < -0.4 is 5.32 Å². The fourth-order valence-electron chi connectivity index (χ4n) is 2.37. The Balaban J connectivity index is 1.62. The Morgan fingerprint density at radius 3 is 2.81 bits per heavy atom. The molecular weight excluding hydrogens is 282 g/mol. The van der Waals surface area contributed by atoms with Crippen LogP contribution in [0.4, 0.5) is 10.8 Å². The van der Waals surface area contributed by atoms with Gasteiger partial charge < -0.3 is 10.1 Å². The fourth-order valence-corrected chi connectivity index (χ4v) is 3.09. The van der Waals surface area contributed by atoms with E-state index in [0.29, 0.717) is 0 Å². The highest BCUT2D eigenvalue weighted by Gasteiger charge is 2.12. The highest BCUT2D eigenvalue weighted by Crippen LogP contribution is 2.23.